The molecule has 0 aromatic heterocycles. The summed E-state index contributed by atoms with van der Waals surface area (Å²) in [5, 5.41) is 6.89. The summed E-state index contributed by atoms with van der Waals surface area (Å²) < 4.78 is 5.14. The predicted octanol–water partition coefficient (Wildman–Crippen LogP) is 0.519. The van der Waals surface area contributed by atoms with Crippen molar-refractivity contribution in [3.63, 3.8) is 0 Å². The van der Waals surface area contributed by atoms with Gasteiger partial charge in [-0.1, -0.05) is 6.92 Å². The monoisotopic (exact) mass is 341 g/mol. The van der Waals surface area contributed by atoms with Crippen LogP contribution in [0.1, 0.15) is 33.1 Å². The summed E-state index contributed by atoms with van der Waals surface area (Å²) in [5.74, 6) is 0.754. The molecule has 0 aliphatic carbocycles. The molecule has 0 spiro atoms. The van der Waals surface area contributed by atoms with Crippen molar-refractivity contribution in [3.05, 3.63) is 0 Å². The van der Waals surface area contributed by atoms with Gasteiger partial charge in [0.2, 0.25) is 5.91 Å². The Morgan fingerprint density at radius 3 is 2.58 bits per heavy atom. The molecule has 140 valence electrons. The van der Waals surface area contributed by atoms with E-state index in [2.05, 4.69) is 34.4 Å². The average molecular weight is 342 g/mol. The molecule has 1 amide bonds. The van der Waals surface area contributed by atoms with E-state index < -0.39 is 0 Å². The smallest absolute Gasteiger partial charge is 0.243 e. The number of nitrogens with zero attached hydrogens (tertiary/aromatic N) is 3. The summed E-state index contributed by atoms with van der Waals surface area (Å²) in [4.78, 5) is 20.2. The van der Waals surface area contributed by atoms with Crippen LogP contribution in [0.2, 0.25) is 0 Å². The Morgan fingerprint density at radius 1 is 1.38 bits per heavy atom. The average Bonchev–Trinajstić information content (AvgIpc) is 2.58. The molecule has 1 rings (SSSR count). The Hall–Kier alpha value is -1.34. The van der Waals surface area contributed by atoms with Crippen LogP contribution in [0.25, 0.3) is 0 Å². The van der Waals surface area contributed by atoms with E-state index in [1.807, 2.05) is 0 Å². The van der Waals surface area contributed by atoms with Crippen LogP contribution < -0.4 is 10.6 Å². The van der Waals surface area contributed by atoms with Gasteiger partial charge < -0.3 is 25.2 Å². The van der Waals surface area contributed by atoms with E-state index in [0.717, 1.165) is 51.5 Å². The largest absolute Gasteiger partial charge is 0.383 e. The van der Waals surface area contributed by atoms with Crippen molar-refractivity contribution < 1.29 is 9.53 Å². The van der Waals surface area contributed by atoms with Crippen molar-refractivity contribution in [2.45, 2.75) is 45.2 Å². The number of rotatable bonds is 8. The Labute approximate surface area is 146 Å². The van der Waals surface area contributed by atoms with Crippen LogP contribution in [0.3, 0.4) is 0 Å². The van der Waals surface area contributed by atoms with E-state index in [9.17, 15) is 4.79 Å². The minimum atomic E-state index is 0.00892. The zero-order valence-corrected chi connectivity index (χ0v) is 16.0. The molecule has 2 N–H and O–H groups in total. The summed E-state index contributed by atoms with van der Waals surface area (Å²) in [5.41, 5.74) is 0. The first-order chi connectivity index (χ1) is 11.5. The lowest BCUT2D eigenvalue weighted by atomic mass is 10.1. The van der Waals surface area contributed by atoms with Crippen molar-refractivity contribution in [2.24, 2.45) is 4.99 Å². The van der Waals surface area contributed by atoms with Gasteiger partial charge >= 0.3 is 0 Å². The van der Waals surface area contributed by atoms with Crippen LogP contribution in [0.4, 0.5) is 0 Å². The maximum absolute atomic E-state index is 11.8. The molecular weight excluding hydrogens is 306 g/mol. The standard InChI is InChI=1S/C17H35N5O2/c1-6-14(2)19-17(18-13-16(23)21(3)4)20-15-7-9-22(10-8-15)11-12-24-5/h14-15H,6-13H2,1-5H3,(H2,18,19,20). The summed E-state index contributed by atoms with van der Waals surface area (Å²) in [6.07, 6.45) is 3.16. The van der Waals surface area contributed by atoms with Gasteiger partial charge in [0.25, 0.3) is 0 Å². The maximum atomic E-state index is 11.8. The van der Waals surface area contributed by atoms with Gasteiger partial charge in [0.05, 0.1) is 6.61 Å². The highest BCUT2D eigenvalue weighted by Gasteiger charge is 2.20. The second-order valence-corrected chi connectivity index (χ2v) is 6.66. The predicted molar refractivity (Wildman–Crippen MR) is 98.4 cm³/mol. The molecule has 1 aliphatic heterocycles. The number of likely N-dealkylation sites (N-methyl/N-ethyl adjacent to an activating group) is 1. The lowest BCUT2D eigenvalue weighted by Crippen LogP contribution is -2.51. The fourth-order valence-electron chi connectivity index (χ4n) is 2.47. The molecule has 24 heavy (non-hydrogen) atoms. The first kappa shape index (κ1) is 20.7. The normalized spacial score (nSPS) is 18.3. The quantitative estimate of drug-likeness (QED) is 0.498. The highest BCUT2D eigenvalue weighted by molar-refractivity contribution is 5.85. The highest BCUT2D eigenvalue weighted by atomic mass is 16.5. The number of amides is 1. The summed E-state index contributed by atoms with van der Waals surface area (Å²) in [7, 11) is 5.25. The number of hydrogen-bond acceptors (Lipinski definition) is 4. The first-order valence-electron chi connectivity index (χ1n) is 8.95. The van der Waals surface area contributed by atoms with Crippen LogP contribution >= 0.6 is 0 Å². The molecule has 1 saturated heterocycles. The summed E-state index contributed by atoms with van der Waals surface area (Å²) >= 11 is 0. The van der Waals surface area contributed by atoms with Crippen LogP contribution in [0, 0.1) is 0 Å². The van der Waals surface area contributed by atoms with E-state index in [4.69, 9.17) is 4.74 Å². The van der Waals surface area contributed by atoms with Crippen molar-refractivity contribution in [2.75, 3.05) is 54.0 Å². The first-order valence-corrected chi connectivity index (χ1v) is 8.95. The van der Waals surface area contributed by atoms with E-state index in [-0.39, 0.29) is 12.5 Å². The molecule has 1 fully saturated rings. The number of aliphatic imine (C=N–C) groups is 1. The molecule has 7 nitrogen and oxygen atoms in total. The van der Waals surface area contributed by atoms with Crippen LogP contribution in [-0.2, 0) is 9.53 Å². The third-order valence-corrected chi connectivity index (χ3v) is 4.41. The number of hydrogen-bond donors (Lipinski definition) is 2. The number of ether oxygens (including phenoxy) is 1. The van der Waals surface area contributed by atoms with Gasteiger partial charge in [-0.3, -0.25) is 4.79 Å². The number of guanidine groups is 1. The van der Waals surface area contributed by atoms with Gasteiger partial charge in [-0.25, -0.2) is 4.99 Å². The summed E-state index contributed by atoms with van der Waals surface area (Å²) in [6, 6.07) is 0.723. The number of methoxy groups -OCH3 is 1. The topological polar surface area (TPSA) is 69.2 Å². The molecule has 1 aliphatic rings. The molecule has 1 heterocycles. The van der Waals surface area contributed by atoms with E-state index >= 15 is 0 Å². The Bertz CT molecular complexity index is 392. The molecule has 0 radical (unpaired) electrons. The van der Waals surface area contributed by atoms with Crippen LogP contribution in [0.5, 0.6) is 0 Å². The SMILES string of the molecule is CCC(C)NC(=NCC(=O)N(C)C)NC1CCN(CCOC)CC1. The van der Waals surface area contributed by atoms with E-state index in [1.54, 1.807) is 26.1 Å². The zero-order chi connectivity index (χ0) is 17.9. The Morgan fingerprint density at radius 2 is 2.04 bits per heavy atom. The minimum Gasteiger partial charge on any atom is -0.383 e. The van der Waals surface area contributed by atoms with Crippen LogP contribution in [-0.4, -0.2) is 87.7 Å². The zero-order valence-electron chi connectivity index (χ0n) is 16.0. The molecule has 0 aromatic carbocycles. The Balaban J connectivity index is 2.52. The van der Waals surface area contributed by atoms with Crippen LogP contribution in [0.15, 0.2) is 4.99 Å². The number of nitrogens with one attached hydrogen (secondary N) is 2. The summed E-state index contributed by atoms with van der Waals surface area (Å²) in [6.45, 7) is 8.33. The molecule has 0 bridgehead atoms. The second-order valence-electron chi connectivity index (χ2n) is 6.66. The van der Waals surface area contributed by atoms with Gasteiger partial charge in [0.1, 0.15) is 6.54 Å². The number of carbonyl (C=O) groups excluding carboxylic acids is 1. The number of piperidine rings is 1. The van der Waals surface area contributed by atoms with Crippen molar-refractivity contribution in [3.8, 4) is 0 Å². The fourth-order valence-corrected chi connectivity index (χ4v) is 2.47. The van der Waals surface area contributed by atoms with E-state index in [0.29, 0.717) is 12.1 Å². The second kappa shape index (κ2) is 11.3. The van der Waals surface area contributed by atoms with Gasteiger partial charge in [0.15, 0.2) is 5.96 Å². The number of carbonyl (C=O) groups is 1. The minimum absolute atomic E-state index is 0.00892. The lowest BCUT2D eigenvalue weighted by molar-refractivity contribution is -0.127. The van der Waals surface area contributed by atoms with Crippen molar-refractivity contribution in [1.29, 1.82) is 0 Å². The highest BCUT2D eigenvalue weighted by Crippen LogP contribution is 2.10. The molecule has 1 unspecified atom stereocenters. The molecule has 7 heteroatoms. The van der Waals surface area contributed by atoms with Crippen molar-refractivity contribution >= 4 is 11.9 Å². The van der Waals surface area contributed by atoms with Gasteiger partial charge in [0, 0.05) is 52.9 Å². The lowest BCUT2D eigenvalue weighted by Gasteiger charge is -2.33. The third-order valence-electron chi connectivity index (χ3n) is 4.41. The molecular formula is C17H35N5O2. The third kappa shape index (κ3) is 7.97. The van der Waals surface area contributed by atoms with Gasteiger partial charge in [-0.05, 0) is 26.2 Å². The molecule has 0 saturated carbocycles. The van der Waals surface area contributed by atoms with Gasteiger partial charge in [-0.2, -0.15) is 0 Å². The molecule has 1 atom stereocenters. The fraction of sp³-hybridized carbons (Fsp3) is 0.882. The maximum Gasteiger partial charge on any atom is 0.243 e. The van der Waals surface area contributed by atoms with E-state index in [1.165, 1.54) is 0 Å². The Kier molecular flexibility index (Phi) is 9.71. The molecule has 0 aromatic rings. The number of likely N-dealkylation sites (tertiary alicyclic amines) is 1. The van der Waals surface area contributed by atoms with Crippen molar-refractivity contribution in [1.82, 2.24) is 20.4 Å². The van der Waals surface area contributed by atoms with Gasteiger partial charge in [-0.15, -0.1) is 0 Å².